The molecule has 0 fully saturated rings. The topological polar surface area (TPSA) is 93.7 Å². The molecule has 0 heterocycles. The normalized spacial score (nSPS) is 11.1. The quantitative estimate of drug-likeness (QED) is 0.428. The number of para-hydroxylation sites is 1. The van der Waals surface area contributed by atoms with Gasteiger partial charge in [-0.1, -0.05) is 12.1 Å². The van der Waals surface area contributed by atoms with Crippen LogP contribution in [-0.4, -0.2) is 36.1 Å². The molecule has 0 saturated carbocycles. The van der Waals surface area contributed by atoms with Crippen LogP contribution in [0.3, 0.4) is 0 Å². The van der Waals surface area contributed by atoms with Gasteiger partial charge in [0, 0.05) is 32.3 Å². The van der Waals surface area contributed by atoms with Gasteiger partial charge in [-0.05, 0) is 19.4 Å². The van der Waals surface area contributed by atoms with Crippen LogP contribution >= 0.6 is 0 Å². The number of rotatable bonds is 8. The molecule has 0 aliphatic heterocycles. The second-order valence-electron chi connectivity index (χ2n) is 4.77. The molecule has 0 saturated heterocycles. The maximum Gasteiger partial charge on any atom is 0.293 e. The number of nitrogen functional groups attached to an aromatic ring is 1. The van der Waals surface area contributed by atoms with Crippen molar-refractivity contribution in [3.8, 4) is 0 Å². The Balaban J connectivity index is 3.00. The fourth-order valence-corrected chi connectivity index (χ4v) is 1.98. The third-order valence-electron chi connectivity index (χ3n) is 3.16. The summed E-state index contributed by atoms with van der Waals surface area (Å²) < 4.78 is 5.09. The first-order valence-corrected chi connectivity index (χ1v) is 6.47. The van der Waals surface area contributed by atoms with Crippen molar-refractivity contribution in [2.24, 2.45) is 5.84 Å². The molecule has 1 aromatic rings. The molecular weight excluding hydrogens is 260 g/mol. The van der Waals surface area contributed by atoms with Crippen LogP contribution in [0, 0.1) is 10.1 Å². The van der Waals surface area contributed by atoms with Crippen molar-refractivity contribution in [1.82, 2.24) is 4.90 Å². The number of methoxy groups -OCH3 is 1. The van der Waals surface area contributed by atoms with Gasteiger partial charge in [-0.3, -0.25) is 20.9 Å². The van der Waals surface area contributed by atoms with E-state index in [4.69, 9.17) is 10.6 Å². The van der Waals surface area contributed by atoms with E-state index in [1.165, 1.54) is 6.07 Å². The van der Waals surface area contributed by atoms with E-state index in [0.717, 1.165) is 12.1 Å². The van der Waals surface area contributed by atoms with Gasteiger partial charge in [0.1, 0.15) is 5.69 Å². The van der Waals surface area contributed by atoms with Crippen LogP contribution in [0.15, 0.2) is 18.2 Å². The van der Waals surface area contributed by atoms with Gasteiger partial charge in [0.05, 0.1) is 11.5 Å². The first kappa shape index (κ1) is 16.4. The van der Waals surface area contributed by atoms with Gasteiger partial charge in [-0.15, -0.1) is 0 Å². The number of hydrazine groups is 1. The Labute approximate surface area is 118 Å². The highest BCUT2D eigenvalue weighted by Gasteiger charge is 2.19. The molecular formula is C13H22N4O3. The molecule has 0 bridgehead atoms. The Morgan fingerprint density at radius 3 is 2.70 bits per heavy atom. The number of hydrogen-bond acceptors (Lipinski definition) is 6. The maximum absolute atomic E-state index is 11.0. The zero-order valence-electron chi connectivity index (χ0n) is 12.1. The predicted molar refractivity (Wildman–Crippen MR) is 78.3 cm³/mol. The molecule has 7 heteroatoms. The average Bonchev–Trinajstić information content (AvgIpc) is 2.42. The van der Waals surface area contributed by atoms with Crippen LogP contribution in [0.5, 0.6) is 0 Å². The van der Waals surface area contributed by atoms with Gasteiger partial charge in [0.2, 0.25) is 0 Å². The lowest BCUT2D eigenvalue weighted by Gasteiger charge is -2.26. The van der Waals surface area contributed by atoms with Gasteiger partial charge in [0.25, 0.3) is 5.69 Å². The fraction of sp³-hybridized carbons (Fsp3) is 0.538. The minimum atomic E-state index is -0.437. The number of nitro benzene ring substituents is 1. The SMILES string of the molecule is COCCN(Cc1cccc([N+](=O)[O-])c1NN)C(C)C. The molecule has 1 aromatic carbocycles. The number of anilines is 1. The summed E-state index contributed by atoms with van der Waals surface area (Å²) in [7, 11) is 1.65. The second kappa shape index (κ2) is 7.78. The van der Waals surface area contributed by atoms with E-state index in [9.17, 15) is 10.1 Å². The van der Waals surface area contributed by atoms with Crippen molar-refractivity contribution in [2.75, 3.05) is 25.7 Å². The fourth-order valence-electron chi connectivity index (χ4n) is 1.98. The van der Waals surface area contributed by atoms with Crippen molar-refractivity contribution >= 4 is 11.4 Å². The van der Waals surface area contributed by atoms with Crippen molar-refractivity contribution in [2.45, 2.75) is 26.4 Å². The molecule has 0 unspecified atom stereocenters. The number of ether oxygens (including phenoxy) is 1. The zero-order valence-corrected chi connectivity index (χ0v) is 12.1. The minimum Gasteiger partial charge on any atom is -0.383 e. The van der Waals surface area contributed by atoms with E-state index >= 15 is 0 Å². The highest BCUT2D eigenvalue weighted by atomic mass is 16.6. The molecule has 20 heavy (non-hydrogen) atoms. The number of nitrogens with two attached hydrogens (primary N) is 1. The first-order valence-electron chi connectivity index (χ1n) is 6.47. The molecule has 0 spiro atoms. The third kappa shape index (κ3) is 4.16. The third-order valence-corrected chi connectivity index (χ3v) is 3.16. The summed E-state index contributed by atoms with van der Waals surface area (Å²) in [6.45, 7) is 6.08. The molecule has 0 aromatic heterocycles. The summed E-state index contributed by atoms with van der Waals surface area (Å²) in [5, 5.41) is 11.0. The monoisotopic (exact) mass is 282 g/mol. The standard InChI is InChI=1S/C13H22N4O3/c1-10(2)16(7-8-20-3)9-11-5-4-6-12(17(18)19)13(11)15-14/h4-6,10,15H,7-9,14H2,1-3H3. The van der Waals surface area contributed by atoms with E-state index in [0.29, 0.717) is 24.9 Å². The van der Waals surface area contributed by atoms with Gasteiger partial charge < -0.3 is 10.2 Å². The second-order valence-corrected chi connectivity index (χ2v) is 4.77. The summed E-state index contributed by atoms with van der Waals surface area (Å²) in [6.07, 6.45) is 0. The predicted octanol–water partition coefficient (Wildman–Crippen LogP) is 1.74. The Hall–Kier alpha value is -1.70. The van der Waals surface area contributed by atoms with E-state index in [1.807, 2.05) is 6.07 Å². The number of hydrogen-bond donors (Lipinski definition) is 2. The number of benzene rings is 1. The van der Waals surface area contributed by atoms with Gasteiger partial charge >= 0.3 is 0 Å². The van der Waals surface area contributed by atoms with Gasteiger partial charge in [0.15, 0.2) is 0 Å². The Kier molecular flexibility index (Phi) is 6.37. The summed E-state index contributed by atoms with van der Waals surface area (Å²) in [5.74, 6) is 5.44. The smallest absolute Gasteiger partial charge is 0.293 e. The van der Waals surface area contributed by atoms with Gasteiger partial charge in [-0.25, -0.2) is 0 Å². The number of nitrogens with zero attached hydrogens (tertiary/aromatic N) is 2. The van der Waals surface area contributed by atoms with Crippen LogP contribution < -0.4 is 11.3 Å². The largest absolute Gasteiger partial charge is 0.383 e. The highest BCUT2D eigenvalue weighted by Crippen LogP contribution is 2.28. The summed E-state index contributed by atoms with van der Waals surface area (Å²) >= 11 is 0. The summed E-state index contributed by atoms with van der Waals surface area (Å²) in [5.41, 5.74) is 3.59. The lowest BCUT2D eigenvalue weighted by molar-refractivity contribution is -0.384. The van der Waals surface area contributed by atoms with Crippen molar-refractivity contribution < 1.29 is 9.66 Å². The average molecular weight is 282 g/mol. The maximum atomic E-state index is 11.0. The van der Waals surface area contributed by atoms with E-state index in [-0.39, 0.29) is 5.69 Å². The van der Waals surface area contributed by atoms with Crippen molar-refractivity contribution in [3.05, 3.63) is 33.9 Å². The van der Waals surface area contributed by atoms with E-state index < -0.39 is 4.92 Å². The molecule has 0 amide bonds. The molecule has 7 nitrogen and oxygen atoms in total. The summed E-state index contributed by atoms with van der Waals surface area (Å²) in [4.78, 5) is 12.7. The Bertz CT molecular complexity index is 451. The van der Waals surface area contributed by atoms with Gasteiger partial charge in [-0.2, -0.15) is 0 Å². The van der Waals surface area contributed by atoms with Crippen LogP contribution in [-0.2, 0) is 11.3 Å². The first-order chi connectivity index (χ1) is 9.51. The van der Waals surface area contributed by atoms with Crippen LogP contribution in [0.2, 0.25) is 0 Å². The zero-order chi connectivity index (χ0) is 15.1. The lowest BCUT2D eigenvalue weighted by atomic mass is 10.1. The lowest BCUT2D eigenvalue weighted by Crippen LogP contribution is -2.33. The molecule has 0 aliphatic rings. The Morgan fingerprint density at radius 2 is 2.20 bits per heavy atom. The number of nitrogens with one attached hydrogen (secondary N) is 1. The molecule has 0 radical (unpaired) electrons. The van der Waals surface area contributed by atoms with Crippen LogP contribution in [0.4, 0.5) is 11.4 Å². The Morgan fingerprint density at radius 1 is 1.50 bits per heavy atom. The van der Waals surface area contributed by atoms with Crippen LogP contribution in [0.1, 0.15) is 19.4 Å². The molecule has 0 atom stereocenters. The van der Waals surface area contributed by atoms with Crippen molar-refractivity contribution in [1.29, 1.82) is 0 Å². The van der Waals surface area contributed by atoms with Crippen LogP contribution in [0.25, 0.3) is 0 Å². The molecule has 0 aliphatic carbocycles. The molecule has 112 valence electrons. The van der Waals surface area contributed by atoms with Crippen molar-refractivity contribution in [3.63, 3.8) is 0 Å². The number of nitro groups is 1. The molecule has 1 rings (SSSR count). The minimum absolute atomic E-state index is 0.0135. The summed E-state index contributed by atoms with van der Waals surface area (Å²) in [6, 6.07) is 5.25. The van der Waals surface area contributed by atoms with E-state index in [1.54, 1.807) is 13.2 Å². The molecule has 3 N–H and O–H groups in total. The van der Waals surface area contributed by atoms with E-state index in [2.05, 4.69) is 24.2 Å². The highest BCUT2D eigenvalue weighted by molar-refractivity contribution is 5.65.